The topological polar surface area (TPSA) is 114 Å². The Morgan fingerprint density at radius 1 is 1.23 bits per heavy atom. The van der Waals surface area contributed by atoms with E-state index < -0.39 is 11.3 Å². The van der Waals surface area contributed by atoms with Gasteiger partial charge < -0.3 is 5.73 Å². The Balaban J connectivity index is 2.29. The highest BCUT2D eigenvalue weighted by Crippen LogP contribution is 2.54. The van der Waals surface area contributed by atoms with Crippen LogP contribution < -0.4 is 5.73 Å². The van der Waals surface area contributed by atoms with Crippen LogP contribution >= 0.6 is 0 Å². The van der Waals surface area contributed by atoms with Gasteiger partial charge in [0, 0.05) is 43.4 Å². The van der Waals surface area contributed by atoms with E-state index in [0.717, 1.165) is 17.7 Å². The lowest BCUT2D eigenvalue weighted by Crippen LogP contribution is -2.49. The smallest absolute Gasteiger partial charge is 0.191 e. The van der Waals surface area contributed by atoms with E-state index in [1.807, 2.05) is 18.2 Å². The van der Waals surface area contributed by atoms with Crippen LogP contribution in [0, 0.1) is 45.3 Å². The SMILES string of the molecule is CC(C)N1CC=C2C(C#N)=C(N)C(C#N)(C#N)C(c3ccncc3)C2C1. The average Bonchev–Trinajstić information content (AvgIpc) is 2.67. The van der Waals surface area contributed by atoms with Crippen LogP contribution in [0.15, 0.2) is 47.4 Å². The molecular formula is C20H20N6. The molecule has 0 spiro atoms. The summed E-state index contributed by atoms with van der Waals surface area (Å²) < 4.78 is 0. The Labute approximate surface area is 153 Å². The molecule has 0 bridgehead atoms. The number of rotatable bonds is 2. The summed E-state index contributed by atoms with van der Waals surface area (Å²) in [6.45, 7) is 5.61. The van der Waals surface area contributed by atoms with Gasteiger partial charge in [-0.3, -0.25) is 9.88 Å². The van der Waals surface area contributed by atoms with Crippen molar-refractivity contribution in [3.8, 4) is 18.2 Å². The molecule has 1 aliphatic carbocycles. The van der Waals surface area contributed by atoms with E-state index in [0.29, 0.717) is 12.6 Å². The Morgan fingerprint density at radius 2 is 1.88 bits per heavy atom. The lowest BCUT2D eigenvalue weighted by Gasteiger charge is -2.46. The first-order valence-electron chi connectivity index (χ1n) is 8.57. The van der Waals surface area contributed by atoms with Crippen LogP contribution in [0.3, 0.4) is 0 Å². The predicted octanol–water partition coefficient (Wildman–Crippen LogP) is 2.22. The van der Waals surface area contributed by atoms with Crippen LogP contribution in [0.1, 0.15) is 25.3 Å². The van der Waals surface area contributed by atoms with Gasteiger partial charge in [-0.25, -0.2) is 0 Å². The molecule has 1 aromatic rings. The quantitative estimate of drug-likeness (QED) is 0.880. The zero-order valence-corrected chi connectivity index (χ0v) is 14.8. The zero-order valence-electron chi connectivity index (χ0n) is 14.8. The van der Waals surface area contributed by atoms with Gasteiger partial charge in [-0.15, -0.1) is 0 Å². The molecule has 0 saturated heterocycles. The molecule has 1 aromatic heterocycles. The predicted molar refractivity (Wildman–Crippen MR) is 95.7 cm³/mol. The molecule has 6 nitrogen and oxygen atoms in total. The summed E-state index contributed by atoms with van der Waals surface area (Å²) >= 11 is 0. The Kier molecular flexibility index (Phi) is 4.51. The number of pyridine rings is 1. The third kappa shape index (κ3) is 2.46. The van der Waals surface area contributed by atoms with Crippen molar-refractivity contribution in [1.82, 2.24) is 9.88 Å². The van der Waals surface area contributed by atoms with Gasteiger partial charge in [0.25, 0.3) is 0 Å². The normalized spacial score (nSPS) is 24.8. The van der Waals surface area contributed by atoms with E-state index in [9.17, 15) is 15.8 Å². The first kappa shape index (κ1) is 17.7. The van der Waals surface area contributed by atoms with Crippen LogP contribution in [0.5, 0.6) is 0 Å². The molecular weight excluding hydrogens is 324 g/mol. The fourth-order valence-electron chi connectivity index (χ4n) is 4.07. The minimum Gasteiger partial charge on any atom is -0.399 e. The number of nitrogens with zero attached hydrogens (tertiary/aromatic N) is 5. The minimum atomic E-state index is -1.57. The molecule has 6 heteroatoms. The standard InChI is InChI=1S/C20H20N6/c1-13(2)26-8-5-15-16(9-21)19(24)20(11-22,12-23)18(17(15)10-26)14-3-6-25-7-4-14/h3-7,13,17-18H,8,10,24H2,1-2H3. The van der Waals surface area contributed by atoms with Gasteiger partial charge in [-0.05, 0) is 37.1 Å². The zero-order chi connectivity index (χ0) is 18.9. The lowest BCUT2D eigenvalue weighted by molar-refractivity contribution is 0.174. The molecule has 2 atom stereocenters. The second-order valence-electron chi connectivity index (χ2n) is 7.00. The van der Waals surface area contributed by atoms with Crippen molar-refractivity contribution < 1.29 is 0 Å². The van der Waals surface area contributed by atoms with Gasteiger partial charge in [-0.1, -0.05) is 6.08 Å². The highest BCUT2D eigenvalue weighted by Gasteiger charge is 2.54. The van der Waals surface area contributed by atoms with Crippen molar-refractivity contribution in [3.05, 3.63) is 53.0 Å². The Hall–Kier alpha value is -3.14. The minimum absolute atomic E-state index is 0.0623. The molecule has 2 unspecified atom stereocenters. The van der Waals surface area contributed by atoms with E-state index in [-0.39, 0.29) is 17.2 Å². The molecule has 0 fully saturated rings. The van der Waals surface area contributed by atoms with E-state index >= 15 is 0 Å². The first-order chi connectivity index (χ1) is 12.5. The summed E-state index contributed by atoms with van der Waals surface area (Å²) in [5, 5.41) is 29.6. The number of aromatic nitrogens is 1. The monoisotopic (exact) mass is 344 g/mol. The molecule has 0 amide bonds. The highest BCUT2D eigenvalue weighted by molar-refractivity contribution is 5.59. The van der Waals surface area contributed by atoms with Crippen molar-refractivity contribution in [2.75, 3.05) is 13.1 Å². The number of hydrogen-bond donors (Lipinski definition) is 1. The maximum absolute atomic E-state index is 9.98. The van der Waals surface area contributed by atoms with E-state index in [1.165, 1.54) is 0 Å². The summed E-state index contributed by atoms with van der Waals surface area (Å²) in [6, 6.07) is 10.4. The highest BCUT2D eigenvalue weighted by atomic mass is 15.2. The second kappa shape index (κ2) is 6.64. The molecule has 0 radical (unpaired) electrons. The van der Waals surface area contributed by atoms with Crippen molar-refractivity contribution in [1.29, 1.82) is 15.8 Å². The van der Waals surface area contributed by atoms with E-state index in [1.54, 1.807) is 12.4 Å². The molecule has 2 aliphatic rings. The Morgan fingerprint density at radius 3 is 2.42 bits per heavy atom. The van der Waals surface area contributed by atoms with Crippen LogP contribution in [0.2, 0.25) is 0 Å². The largest absolute Gasteiger partial charge is 0.399 e. The second-order valence-corrected chi connectivity index (χ2v) is 7.00. The molecule has 26 heavy (non-hydrogen) atoms. The summed E-state index contributed by atoms with van der Waals surface area (Å²) in [5.41, 5.74) is 6.72. The van der Waals surface area contributed by atoms with Crippen molar-refractivity contribution >= 4 is 0 Å². The maximum atomic E-state index is 9.98. The number of nitrogens with two attached hydrogens (primary N) is 1. The molecule has 2 heterocycles. The van der Waals surface area contributed by atoms with Gasteiger partial charge >= 0.3 is 0 Å². The fourth-order valence-corrected chi connectivity index (χ4v) is 4.07. The van der Waals surface area contributed by atoms with Gasteiger partial charge in [0.2, 0.25) is 0 Å². The molecule has 0 saturated carbocycles. The molecule has 0 aromatic carbocycles. The Bertz CT molecular complexity index is 877. The van der Waals surface area contributed by atoms with Gasteiger partial charge in [0.1, 0.15) is 6.07 Å². The van der Waals surface area contributed by atoms with Crippen LogP contribution in [-0.2, 0) is 0 Å². The summed E-state index contributed by atoms with van der Waals surface area (Å²) in [5.74, 6) is -0.611. The van der Waals surface area contributed by atoms with Crippen LogP contribution in [0.25, 0.3) is 0 Å². The number of allylic oxidation sites excluding steroid dienone is 2. The third-order valence-corrected chi connectivity index (χ3v) is 5.49. The number of hydrogen-bond acceptors (Lipinski definition) is 6. The summed E-state index contributed by atoms with van der Waals surface area (Å²) in [7, 11) is 0. The van der Waals surface area contributed by atoms with Crippen molar-refractivity contribution in [2.24, 2.45) is 17.1 Å². The molecule has 3 rings (SSSR count). The van der Waals surface area contributed by atoms with Gasteiger partial charge in [0.15, 0.2) is 5.41 Å². The lowest BCUT2D eigenvalue weighted by atomic mass is 9.58. The third-order valence-electron chi connectivity index (χ3n) is 5.49. The van der Waals surface area contributed by atoms with Crippen molar-refractivity contribution in [3.63, 3.8) is 0 Å². The first-order valence-corrected chi connectivity index (χ1v) is 8.57. The maximum Gasteiger partial charge on any atom is 0.191 e. The van der Waals surface area contributed by atoms with Crippen LogP contribution in [-0.4, -0.2) is 29.0 Å². The molecule has 1 aliphatic heterocycles. The molecule has 130 valence electrons. The fraction of sp³-hybridized carbons (Fsp3) is 0.400. The number of nitriles is 3. The van der Waals surface area contributed by atoms with Gasteiger partial charge in [-0.2, -0.15) is 15.8 Å². The van der Waals surface area contributed by atoms with E-state index in [2.05, 4.69) is 41.9 Å². The number of fused-ring (bicyclic) bond motifs is 1. The van der Waals surface area contributed by atoms with E-state index in [4.69, 9.17) is 5.73 Å². The average molecular weight is 344 g/mol. The van der Waals surface area contributed by atoms with Gasteiger partial charge in [0.05, 0.1) is 23.4 Å². The summed E-state index contributed by atoms with van der Waals surface area (Å²) in [4.78, 5) is 6.33. The van der Waals surface area contributed by atoms with Crippen molar-refractivity contribution in [2.45, 2.75) is 25.8 Å². The molecule has 2 N–H and O–H groups in total. The summed E-state index contributed by atoms with van der Waals surface area (Å²) in [6.07, 6.45) is 5.33. The van der Waals surface area contributed by atoms with Crippen LogP contribution in [0.4, 0.5) is 0 Å².